The van der Waals surface area contributed by atoms with Gasteiger partial charge in [0.1, 0.15) is 11.5 Å². The zero-order valence-electron chi connectivity index (χ0n) is 33.5. The Morgan fingerprint density at radius 2 is 1.39 bits per heavy atom. The molecule has 0 radical (unpaired) electrons. The fourth-order valence-electron chi connectivity index (χ4n) is 8.62. The molecule has 2 aliphatic heterocycles. The Morgan fingerprint density at radius 1 is 0.772 bits per heavy atom. The lowest BCUT2D eigenvalue weighted by molar-refractivity contribution is 0.415. The van der Waals surface area contributed by atoms with Crippen LogP contribution >= 0.6 is 0 Å². The maximum Gasteiger partial charge on any atom is 0.264 e. The lowest BCUT2D eigenvalue weighted by atomic mass is 9.80. The second-order valence-corrected chi connectivity index (χ2v) is 19.6. The van der Waals surface area contributed by atoms with Crippen LogP contribution < -0.4 is 20.3 Å². The van der Waals surface area contributed by atoms with E-state index in [9.17, 15) is 25.9 Å². The third-order valence-corrected chi connectivity index (χ3v) is 13.3. The number of ether oxygens (including phenoxy) is 1. The highest BCUT2D eigenvalue weighted by atomic mass is 32.2. The summed E-state index contributed by atoms with van der Waals surface area (Å²) in [5.74, 6) is 1.01. The Morgan fingerprint density at radius 3 is 2.04 bits per heavy atom. The van der Waals surface area contributed by atoms with Gasteiger partial charge >= 0.3 is 0 Å². The maximum atomic E-state index is 11.5. The standard InChI is InChI=1S/C45H57N3O7S2/c1-44(2)37-16-5-7-18-39(37)47(28-9-11-30-56(49,50)51)41(44)26-22-34-14-13-15-35(43(34)55-36-24-20-33(32-46)21-25-36)23-27-42-45(3,4)38-17-6-8-19-40(38)48(42)29-10-12-31-57(52,53)54/h5-8,16-27,41H,9-15,28-32,46H2,1-4H3,(H,49,50,51)(H,52,53,54). The predicted molar refractivity (Wildman–Crippen MR) is 230 cm³/mol. The van der Waals surface area contributed by atoms with E-state index in [4.69, 9.17) is 10.5 Å². The van der Waals surface area contributed by atoms with Crippen molar-refractivity contribution in [3.05, 3.63) is 136 Å². The minimum absolute atomic E-state index is 0.0122. The molecule has 0 saturated carbocycles. The fraction of sp³-hybridized carbons (Fsp3) is 0.422. The van der Waals surface area contributed by atoms with Crippen LogP contribution in [0.25, 0.3) is 0 Å². The van der Waals surface area contributed by atoms with Gasteiger partial charge in [0.2, 0.25) is 0 Å². The van der Waals surface area contributed by atoms with E-state index in [2.05, 4.69) is 92.1 Å². The first kappa shape index (κ1) is 42.4. The summed E-state index contributed by atoms with van der Waals surface area (Å²) in [5.41, 5.74) is 14.3. The number of allylic oxidation sites excluding steroid dienone is 6. The van der Waals surface area contributed by atoms with Crippen LogP contribution in [0.5, 0.6) is 5.75 Å². The number of anilines is 2. The van der Waals surface area contributed by atoms with Gasteiger partial charge in [-0.05, 0) is 103 Å². The van der Waals surface area contributed by atoms with Crippen LogP contribution in [0.15, 0.2) is 120 Å². The molecule has 2 heterocycles. The Labute approximate surface area is 339 Å². The third-order valence-electron chi connectivity index (χ3n) is 11.6. The van der Waals surface area contributed by atoms with Gasteiger partial charge in [0.05, 0.1) is 17.5 Å². The number of unbranched alkanes of at least 4 members (excludes halogenated alkanes) is 2. The first-order valence-corrected chi connectivity index (χ1v) is 23.1. The number of hydrogen-bond donors (Lipinski definition) is 3. The number of benzene rings is 3. The maximum absolute atomic E-state index is 11.5. The van der Waals surface area contributed by atoms with E-state index in [1.54, 1.807) is 0 Å². The molecular weight excluding hydrogens is 759 g/mol. The van der Waals surface area contributed by atoms with Crippen LogP contribution in [-0.2, 0) is 37.6 Å². The molecule has 0 aromatic heterocycles. The van der Waals surface area contributed by atoms with Gasteiger partial charge in [-0.1, -0.05) is 94.5 Å². The van der Waals surface area contributed by atoms with Crippen molar-refractivity contribution in [1.29, 1.82) is 0 Å². The van der Waals surface area contributed by atoms with Crippen LogP contribution in [0.2, 0.25) is 0 Å². The smallest absolute Gasteiger partial charge is 0.264 e. The lowest BCUT2D eigenvalue weighted by Crippen LogP contribution is -2.40. The van der Waals surface area contributed by atoms with Crippen LogP contribution in [0.3, 0.4) is 0 Å². The summed E-state index contributed by atoms with van der Waals surface area (Å²) in [6.07, 6.45) is 13.4. The van der Waals surface area contributed by atoms with E-state index >= 15 is 0 Å². The van der Waals surface area contributed by atoms with E-state index in [-0.39, 0.29) is 28.4 Å². The molecule has 4 N–H and O–H groups in total. The number of rotatable bonds is 16. The molecular formula is C45H57N3O7S2. The highest BCUT2D eigenvalue weighted by Crippen LogP contribution is 2.49. The Balaban J connectivity index is 1.38. The van der Waals surface area contributed by atoms with Gasteiger partial charge < -0.3 is 20.3 Å². The molecule has 3 aromatic carbocycles. The van der Waals surface area contributed by atoms with E-state index < -0.39 is 20.2 Å². The van der Waals surface area contributed by atoms with Crippen molar-refractivity contribution in [1.82, 2.24) is 0 Å². The Kier molecular flexibility index (Phi) is 12.9. The summed E-state index contributed by atoms with van der Waals surface area (Å²) < 4.78 is 71.4. The molecule has 0 spiro atoms. The first-order chi connectivity index (χ1) is 27.0. The molecule has 0 amide bonds. The van der Waals surface area contributed by atoms with Crippen molar-refractivity contribution in [2.24, 2.45) is 5.73 Å². The summed E-state index contributed by atoms with van der Waals surface area (Å²) in [7, 11) is -8.06. The third kappa shape index (κ3) is 9.92. The molecule has 1 aliphatic carbocycles. The molecule has 3 aromatic rings. The highest BCUT2D eigenvalue weighted by molar-refractivity contribution is 7.86. The molecule has 57 heavy (non-hydrogen) atoms. The number of para-hydroxylation sites is 2. The first-order valence-electron chi connectivity index (χ1n) is 19.9. The zero-order valence-corrected chi connectivity index (χ0v) is 35.2. The average molecular weight is 816 g/mol. The molecule has 306 valence electrons. The second-order valence-electron chi connectivity index (χ2n) is 16.4. The second kappa shape index (κ2) is 17.3. The van der Waals surface area contributed by atoms with Gasteiger partial charge in [0, 0.05) is 47.5 Å². The predicted octanol–water partition coefficient (Wildman–Crippen LogP) is 8.63. The normalized spacial score (nSPS) is 20.5. The van der Waals surface area contributed by atoms with E-state index in [1.165, 1.54) is 11.1 Å². The zero-order chi connectivity index (χ0) is 41.0. The van der Waals surface area contributed by atoms with E-state index in [0.717, 1.165) is 64.6 Å². The van der Waals surface area contributed by atoms with Gasteiger partial charge in [-0.15, -0.1) is 0 Å². The van der Waals surface area contributed by atoms with E-state index in [0.29, 0.717) is 45.3 Å². The van der Waals surface area contributed by atoms with Crippen LogP contribution in [0.4, 0.5) is 11.4 Å². The summed E-state index contributed by atoms with van der Waals surface area (Å²) in [5, 5.41) is 0. The van der Waals surface area contributed by atoms with Crippen molar-refractivity contribution in [3.63, 3.8) is 0 Å². The molecule has 1 unspecified atom stereocenters. The molecule has 10 nitrogen and oxygen atoms in total. The van der Waals surface area contributed by atoms with Gasteiger partial charge in [0.25, 0.3) is 20.2 Å². The van der Waals surface area contributed by atoms with Crippen molar-refractivity contribution < 1.29 is 30.7 Å². The SMILES string of the molecule is CC1(C)C(=CC=C2CCCC(C=CC3N(CCCCS(=O)(=O)O)c4ccccc4C3(C)C)=C2Oc2ccc(CN)cc2)N(CCCCS(=O)(=O)O)c2ccccc21. The van der Waals surface area contributed by atoms with Crippen LogP contribution in [-0.4, -0.2) is 56.6 Å². The molecule has 0 fully saturated rings. The van der Waals surface area contributed by atoms with Gasteiger partial charge in [-0.2, -0.15) is 16.8 Å². The van der Waals surface area contributed by atoms with Gasteiger partial charge in [-0.3, -0.25) is 9.11 Å². The minimum atomic E-state index is -4.03. The van der Waals surface area contributed by atoms with Crippen molar-refractivity contribution in [3.8, 4) is 5.75 Å². The lowest BCUT2D eigenvalue weighted by Gasteiger charge is -2.33. The highest BCUT2D eigenvalue weighted by Gasteiger charge is 2.43. The van der Waals surface area contributed by atoms with Gasteiger partial charge in [0.15, 0.2) is 0 Å². The number of fused-ring (bicyclic) bond motifs is 2. The molecule has 12 heteroatoms. The minimum Gasteiger partial charge on any atom is -0.457 e. The number of nitrogens with two attached hydrogens (primary N) is 1. The molecule has 3 aliphatic rings. The van der Waals surface area contributed by atoms with Crippen molar-refractivity contribution >= 4 is 31.6 Å². The van der Waals surface area contributed by atoms with Crippen LogP contribution in [0, 0.1) is 0 Å². The van der Waals surface area contributed by atoms with Crippen molar-refractivity contribution in [2.75, 3.05) is 34.4 Å². The fourth-order valence-corrected chi connectivity index (χ4v) is 9.76. The summed E-state index contributed by atoms with van der Waals surface area (Å²) in [6, 6.07) is 24.6. The Bertz CT molecular complexity index is 2270. The summed E-state index contributed by atoms with van der Waals surface area (Å²) >= 11 is 0. The number of nitrogens with zero attached hydrogens (tertiary/aromatic N) is 2. The monoisotopic (exact) mass is 815 g/mol. The molecule has 1 atom stereocenters. The van der Waals surface area contributed by atoms with E-state index in [1.807, 2.05) is 42.5 Å². The molecule has 0 bridgehead atoms. The van der Waals surface area contributed by atoms with Gasteiger partial charge in [-0.25, -0.2) is 0 Å². The summed E-state index contributed by atoms with van der Waals surface area (Å²) in [4.78, 5) is 4.64. The van der Waals surface area contributed by atoms with Crippen LogP contribution in [0.1, 0.15) is 89.3 Å². The molecule has 6 rings (SSSR count). The topological polar surface area (TPSA) is 150 Å². The molecule has 0 saturated heterocycles. The average Bonchev–Trinajstić information content (AvgIpc) is 3.51. The quantitative estimate of drug-likeness (QED) is 0.0948. The summed E-state index contributed by atoms with van der Waals surface area (Å²) in [6.45, 7) is 10.6. The largest absolute Gasteiger partial charge is 0.457 e. The number of hydrogen-bond acceptors (Lipinski definition) is 8. The Hall–Kier alpha value is -4.20. The van der Waals surface area contributed by atoms with Crippen molar-refractivity contribution in [2.45, 2.75) is 96.1 Å².